The molecule has 2 rings (SSSR count). The molecule has 1 heterocycles. The lowest BCUT2D eigenvalue weighted by atomic mass is 10.3. The van der Waals surface area contributed by atoms with Gasteiger partial charge in [-0.25, -0.2) is 9.98 Å². The lowest BCUT2D eigenvalue weighted by molar-refractivity contribution is 0.676. The third-order valence-electron chi connectivity index (χ3n) is 3.07. The number of aromatic nitrogens is 3. The average Bonchev–Trinajstić information content (AvgIpc) is 3.09. The summed E-state index contributed by atoms with van der Waals surface area (Å²) in [5, 5.41) is 10.6. The van der Waals surface area contributed by atoms with Gasteiger partial charge in [0.15, 0.2) is 5.96 Å². The van der Waals surface area contributed by atoms with Crippen molar-refractivity contribution >= 4 is 5.96 Å². The molecule has 0 saturated heterocycles. The van der Waals surface area contributed by atoms with Gasteiger partial charge in [-0.15, -0.1) is 0 Å². The summed E-state index contributed by atoms with van der Waals surface area (Å²) in [4.78, 5) is 8.66. The van der Waals surface area contributed by atoms with Crippen molar-refractivity contribution in [2.75, 3.05) is 13.1 Å². The number of aryl methyl sites for hydroxylation is 1. The van der Waals surface area contributed by atoms with Gasteiger partial charge in [0, 0.05) is 20.1 Å². The van der Waals surface area contributed by atoms with E-state index >= 15 is 0 Å². The van der Waals surface area contributed by atoms with Gasteiger partial charge < -0.3 is 10.6 Å². The van der Waals surface area contributed by atoms with Gasteiger partial charge in [-0.1, -0.05) is 12.8 Å². The molecule has 1 aliphatic carbocycles. The first kappa shape index (κ1) is 12.9. The van der Waals surface area contributed by atoms with Crippen molar-refractivity contribution in [3.05, 3.63) is 12.2 Å². The van der Waals surface area contributed by atoms with Gasteiger partial charge in [-0.3, -0.25) is 4.68 Å². The average molecular weight is 250 g/mol. The first-order valence-electron chi connectivity index (χ1n) is 6.64. The molecule has 0 aromatic carbocycles. The molecule has 6 nitrogen and oxygen atoms in total. The molecule has 1 aromatic heterocycles. The lowest BCUT2D eigenvalue weighted by Gasteiger charge is -2.10. The summed E-state index contributed by atoms with van der Waals surface area (Å²) in [6.45, 7) is 4.49. The molecule has 0 spiro atoms. The van der Waals surface area contributed by atoms with Gasteiger partial charge in [0.25, 0.3) is 0 Å². The highest BCUT2D eigenvalue weighted by molar-refractivity contribution is 5.79. The SMILES string of the molecule is CCNC(=NCc1ncnn1C)NCCC1CC1. The van der Waals surface area contributed by atoms with E-state index in [0.717, 1.165) is 30.8 Å². The fourth-order valence-corrected chi connectivity index (χ4v) is 1.76. The summed E-state index contributed by atoms with van der Waals surface area (Å²) in [6.07, 6.45) is 5.59. The Kier molecular flexibility index (Phi) is 4.55. The monoisotopic (exact) mass is 250 g/mol. The standard InChI is InChI=1S/C12H22N6/c1-3-13-12(14-7-6-10-4-5-10)15-8-11-16-9-17-18(11)2/h9-10H,3-8H2,1-2H3,(H2,13,14,15). The Labute approximate surface area is 108 Å². The van der Waals surface area contributed by atoms with E-state index in [4.69, 9.17) is 0 Å². The second-order valence-electron chi connectivity index (χ2n) is 4.65. The van der Waals surface area contributed by atoms with E-state index in [-0.39, 0.29) is 0 Å². The second-order valence-corrected chi connectivity index (χ2v) is 4.65. The first-order valence-corrected chi connectivity index (χ1v) is 6.64. The summed E-state index contributed by atoms with van der Waals surface area (Å²) in [5.74, 6) is 2.68. The molecule has 1 saturated carbocycles. The molecular weight excluding hydrogens is 228 g/mol. The Morgan fingerprint density at radius 3 is 2.94 bits per heavy atom. The van der Waals surface area contributed by atoms with Crippen LogP contribution in [0.1, 0.15) is 32.0 Å². The maximum absolute atomic E-state index is 4.51. The maximum Gasteiger partial charge on any atom is 0.191 e. The number of hydrogen-bond acceptors (Lipinski definition) is 3. The summed E-state index contributed by atoms with van der Waals surface area (Å²) >= 11 is 0. The predicted octanol–water partition coefficient (Wildman–Crippen LogP) is 0.670. The van der Waals surface area contributed by atoms with E-state index in [9.17, 15) is 0 Å². The summed E-state index contributed by atoms with van der Waals surface area (Å²) < 4.78 is 1.75. The molecule has 0 aliphatic heterocycles. The molecule has 100 valence electrons. The molecular formula is C12H22N6. The van der Waals surface area contributed by atoms with Gasteiger partial charge in [0.2, 0.25) is 0 Å². The molecule has 1 fully saturated rings. The largest absolute Gasteiger partial charge is 0.357 e. The Balaban J connectivity index is 1.80. The van der Waals surface area contributed by atoms with Crippen molar-refractivity contribution in [1.82, 2.24) is 25.4 Å². The van der Waals surface area contributed by atoms with Crippen LogP contribution in [0.4, 0.5) is 0 Å². The topological polar surface area (TPSA) is 67.1 Å². The van der Waals surface area contributed by atoms with Crippen LogP contribution in [0.2, 0.25) is 0 Å². The van der Waals surface area contributed by atoms with Crippen molar-refractivity contribution in [3.63, 3.8) is 0 Å². The Hall–Kier alpha value is -1.59. The van der Waals surface area contributed by atoms with Gasteiger partial charge in [0.1, 0.15) is 18.7 Å². The quantitative estimate of drug-likeness (QED) is 0.575. The van der Waals surface area contributed by atoms with E-state index < -0.39 is 0 Å². The minimum atomic E-state index is 0.551. The first-order chi connectivity index (χ1) is 8.79. The Morgan fingerprint density at radius 1 is 1.50 bits per heavy atom. The van der Waals surface area contributed by atoms with Crippen LogP contribution in [0.5, 0.6) is 0 Å². The number of hydrogen-bond donors (Lipinski definition) is 2. The van der Waals surface area contributed by atoms with E-state index in [0.29, 0.717) is 6.54 Å². The van der Waals surface area contributed by atoms with Gasteiger partial charge >= 0.3 is 0 Å². The van der Waals surface area contributed by atoms with Gasteiger partial charge in [-0.05, 0) is 19.3 Å². The summed E-state index contributed by atoms with van der Waals surface area (Å²) in [5.41, 5.74) is 0. The van der Waals surface area contributed by atoms with Crippen molar-refractivity contribution in [1.29, 1.82) is 0 Å². The van der Waals surface area contributed by atoms with Crippen LogP contribution in [0, 0.1) is 5.92 Å². The minimum Gasteiger partial charge on any atom is -0.357 e. The Bertz CT molecular complexity index is 393. The summed E-state index contributed by atoms with van der Waals surface area (Å²) in [7, 11) is 1.88. The van der Waals surface area contributed by atoms with Crippen LogP contribution in [-0.2, 0) is 13.6 Å². The van der Waals surface area contributed by atoms with Crippen molar-refractivity contribution in [3.8, 4) is 0 Å². The highest BCUT2D eigenvalue weighted by Gasteiger charge is 2.20. The van der Waals surface area contributed by atoms with E-state index in [1.54, 1.807) is 11.0 Å². The van der Waals surface area contributed by atoms with Crippen molar-refractivity contribution in [2.24, 2.45) is 18.0 Å². The molecule has 18 heavy (non-hydrogen) atoms. The van der Waals surface area contributed by atoms with Crippen LogP contribution in [-0.4, -0.2) is 33.8 Å². The number of nitrogens with zero attached hydrogens (tertiary/aromatic N) is 4. The minimum absolute atomic E-state index is 0.551. The summed E-state index contributed by atoms with van der Waals surface area (Å²) in [6, 6.07) is 0. The molecule has 2 N–H and O–H groups in total. The molecule has 1 aromatic rings. The zero-order valence-electron chi connectivity index (χ0n) is 11.2. The second kappa shape index (κ2) is 6.37. The van der Waals surface area contributed by atoms with Crippen LogP contribution in [0.25, 0.3) is 0 Å². The lowest BCUT2D eigenvalue weighted by Crippen LogP contribution is -2.37. The van der Waals surface area contributed by atoms with E-state index in [2.05, 4.69) is 32.6 Å². The fourth-order valence-electron chi connectivity index (χ4n) is 1.76. The predicted molar refractivity (Wildman–Crippen MR) is 71.2 cm³/mol. The van der Waals surface area contributed by atoms with Crippen LogP contribution in [0.3, 0.4) is 0 Å². The zero-order chi connectivity index (χ0) is 12.8. The molecule has 0 unspecified atom stereocenters. The third-order valence-corrected chi connectivity index (χ3v) is 3.07. The number of rotatable bonds is 6. The van der Waals surface area contributed by atoms with E-state index in [1.165, 1.54) is 19.3 Å². The highest BCUT2D eigenvalue weighted by atomic mass is 15.3. The molecule has 6 heteroatoms. The van der Waals surface area contributed by atoms with Crippen LogP contribution < -0.4 is 10.6 Å². The highest BCUT2D eigenvalue weighted by Crippen LogP contribution is 2.31. The number of guanidine groups is 1. The maximum atomic E-state index is 4.51. The normalized spacial score (nSPS) is 15.8. The molecule has 0 bridgehead atoms. The molecule has 0 atom stereocenters. The smallest absolute Gasteiger partial charge is 0.191 e. The fraction of sp³-hybridized carbons (Fsp3) is 0.750. The zero-order valence-corrected chi connectivity index (χ0v) is 11.2. The van der Waals surface area contributed by atoms with Gasteiger partial charge in [-0.2, -0.15) is 5.10 Å². The Morgan fingerprint density at radius 2 is 2.33 bits per heavy atom. The molecule has 0 amide bonds. The molecule has 1 aliphatic rings. The van der Waals surface area contributed by atoms with Gasteiger partial charge in [0.05, 0.1) is 0 Å². The van der Waals surface area contributed by atoms with E-state index in [1.807, 2.05) is 7.05 Å². The number of nitrogens with one attached hydrogen (secondary N) is 2. The van der Waals surface area contributed by atoms with Crippen LogP contribution >= 0.6 is 0 Å². The number of aliphatic imine (C=N–C) groups is 1. The molecule has 0 radical (unpaired) electrons. The van der Waals surface area contributed by atoms with Crippen molar-refractivity contribution in [2.45, 2.75) is 32.7 Å². The van der Waals surface area contributed by atoms with Crippen LogP contribution in [0.15, 0.2) is 11.3 Å². The third kappa shape index (κ3) is 4.01. The van der Waals surface area contributed by atoms with Crippen molar-refractivity contribution < 1.29 is 0 Å².